The van der Waals surface area contributed by atoms with Gasteiger partial charge in [-0.15, -0.1) is 0 Å². The summed E-state index contributed by atoms with van der Waals surface area (Å²) in [5.41, 5.74) is 0.459. The molecule has 0 spiro atoms. The maximum atomic E-state index is 3.81. The SMILES string of the molecule is CCNC1C(CN(C)C2CCC(C)CC2)CCCC1(C)C. The highest BCUT2D eigenvalue weighted by atomic mass is 15.1. The van der Waals surface area contributed by atoms with E-state index < -0.39 is 0 Å². The Morgan fingerprint density at radius 3 is 2.38 bits per heavy atom. The molecule has 2 unspecified atom stereocenters. The van der Waals surface area contributed by atoms with Gasteiger partial charge in [-0.2, -0.15) is 0 Å². The largest absolute Gasteiger partial charge is 0.313 e. The van der Waals surface area contributed by atoms with Crippen LogP contribution in [0.5, 0.6) is 0 Å². The average Bonchev–Trinajstić information content (AvgIpc) is 2.43. The highest BCUT2D eigenvalue weighted by molar-refractivity contribution is 4.94. The molecule has 0 aromatic carbocycles. The molecule has 0 aromatic rings. The molecule has 2 aliphatic rings. The van der Waals surface area contributed by atoms with Gasteiger partial charge in [-0.3, -0.25) is 0 Å². The predicted molar refractivity (Wildman–Crippen MR) is 92.6 cm³/mol. The first-order chi connectivity index (χ1) is 9.94. The second-order valence-electron chi connectivity index (χ2n) is 8.53. The molecule has 0 amide bonds. The van der Waals surface area contributed by atoms with Crippen LogP contribution in [0.15, 0.2) is 0 Å². The molecule has 2 heteroatoms. The highest BCUT2D eigenvalue weighted by Gasteiger charge is 2.39. The Hall–Kier alpha value is -0.0800. The fourth-order valence-electron chi connectivity index (χ4n) is 4.84. The minimum Gasteiger partial charge on any atom is -0.313 e. The van der Waals surface area contributed by atoms with Gasteiger partial charge in [-0.05, 0) is 69.4 Å². The van der Waals surface area contributed by atoms with Crippen molar-refractivity contribution in [2.75, 3.05) is 20.1 Å². The molecule has 1 N–H and O–H groups in total. The van der Waals surface area contributed by atoms with Crippen LogP contribution in [0.4, 0.5) is 0 Å². The van der Waals surface area contributed by atoms with Gasteiger partial charge in [0.15, 0.2) is 0 Å². The third-order valence-corrected chi connectivity index (χ3v) is 6.26. The van der Waals surface area contributed by atoms with E-state index in [4.69, 9.17) is 0 Å². The molecule has 2 fully saturated rings. The molecule has 124 valence electrons. The van der Waals surface area contributed by atoms with Crippen LogP contribution in [0.2, 0.25) is 0 Å². The predicted octanol–water partition coefficient (Wildman–Crippen LogP) is 4.30. The van der Waals surface area contributed by atoms with Crippen molar-refractivity contribution in [3.8, 4) is 0 Å². The Morgan fingerprint density at radius 2 is 1.76 bits per heavy atom. The Bertz CT molecular complexity index is 305. The minimum absolute atomic E-state index is 0.459. The van der Waals surface area contributed by atoms with Gasteiger partial charge in [0.25, 0.3) is 0 Å². The van der Waals surface area contributed by atoms with Gasteiger partial charge in [-0.25, -0.2) is 0 Å². The third kappa shape index (κ3) is 4.45. The van der Waals surface area contributed by atoms with Crippen LogP contribution >= 0.6 is 0 Å². The molecule has 0 radical (unpaired) electrons. The molecule has 0 aromatic heterocycles. The summed E-state index contributed by atoms with van der Waals surface area (Å²) in [5, 5.41) is 3.81. The molecule has 0 saturated heterocycles. The van der Waals surface area contributed by atoms with E-state index in [1.54, 1.807) is 0 Å². The van der Waals surface area contributed by atoms with Crippen LogP contribution in [0.1, 0.15) is 72.6 Å². The van der Waals surface area contributed by atoms with Gasteiger partial charge < -0.3 is 10.2 Å². The fourth-order valence-corrected chi connectivity index (χ4v) is 4.84. The lowest BCUT2D eigenvalue weighted by molar-refractivity contribution is 0.0656. The zero-order valence-electron chi connectivity index (χ0n) is 15.1. The highest BCUT2D eigenvalue weighted by Crippen LogP contribution is 2.39. The standard InChI is InChI=1S/C19H38N2/c1-6-20-18-16(8-7-13-19(18,3)4)14-21(5)17-11-9-15(2)10-12-17/h15-18,20H,6-14H2,1-5H3. The zero-order chi connectivity index (χ0) is 15.5. The van der Waals surface area contributed by atoms with Crippen LogP contribution in [0.3, 0.4) is 0 Å². The summed E-state index contributed by atoms with van der Waals surface area (Å²) < 4.78 is 0. The average molecular weight is 295 g/mol. The van der Waals surface area contributed by atoms with Gasteiger partial charge in [-0.1, -0.05) is 34.1 Å². The molecule has 2 saturated carbocycles. The summed E-state index contributed by atoms with van der Waals surface area (Å²) in [6, 6.07) is 1.54. The lowest BCUT2D eigenvalue weighted by atomic mass is 9.67. The quantitative estimate of drug-likeness (QED) is 0.813. The molecule has 2 rings (SSSR count). The van der Waals surface area contributed by atoms with E-state index in [-0.39, 0.29) is 0 Å². The van der Waals surface area contributed by atoms with Gasteiger partial charge in [0.2, 0.25) is 0 Å². The third-order valence-electron chi connectivity index (χ3n) is 6.26. The first-order valence-electron chi connectivity index (χ1n) is 9.37. The van der Waals surface area contributed by atoms with Crippen LogP contribution in [-0.4, -0.2) is 37.1 Å². The second-order valence-corrected chi connectivity index (χ2v) is 8.53. The van der Waals surface area contributed by atoms with E-state index in [0.29, 0.717) is 11.5 Å². The molecule has 0 heterocycles. The summed E-state index contributed by atoms with van der Waals surface area (Å²) in [6.07, 6.45) is 9.90. The van der Waals surface area contributed by atoms with Crippen molar-refractivity contribution in [1.29, 1.82) is 0 Å². The lowest BCUT2D eigenvalue weighted by Crippen LogP contribution is -2.53. The summed E-state index contributed by atoms with van der Waals surface area (Å²) in [6.45, 7) is 12.0. The van der Waals surface area contributed by atoms with Crippen LogP contribution in [0, 0.1) is 17.3 Å². The summed E-state index contributed by atoms with van der Waals surface area (Å²) in [7, 11) is 2.38. The Morgan fingerprint density at radius 1 is 1.10 bits per heavy atom. The molecule has 21 heavy (non-hydrogen) atoms. The van der Waals surface area contributed by atoms with Crippen LogP contribution in [-0.2, 0) is 0 Å². The van der Waals surface area contributed by atoms with Crippen molar-refractivity contribution >= 4 is 0 Å². The first kappa shape index (κ1) is 17.3. The number of hydrogen-bond donors (Lipinski definition) is 1. The molecule has 2 nitrogen and oxygen atoms in total. The number of nitrogens with one attached hydrogen (secondary N) is 1. The van der Waals surface area contributed by atoms with Gasteiger partial charge in [0.1, 0.15) is 0 Å². The van der Waals surface area contributed by atoms with Gasteiger partial charge in [0.05, 0.1) is 0 Å². The topological polar surface area (TPSA) is 15.3 Å². The van der Waals surface area contributed by atoms with Crippen molar-refractivity contribution in [2.45, 2.75) is 84.7 Å². The molecule has 0 aliphatic heterocycles. The van der Waals surface area contributed by atoms with E-state index in [9.17, 15) is 0 Å². The number of rotatable bonds is 5. The van der Waals surface area contributed by atoms with Gasteiger partial charge in [0, 0.05) is 18.6 Å². The molecule has 0 bridgehead atoms. The van der Waals surface area contributed by atoms with Crippen LogP contribution in [0.25, 0.3) is 0 Å². The maximum Gasteiger partial charge on any atom is 0.0159 e. The van der Waals surface area contributed by atoms with Crippen molar-refractivity contribution in [1.82, 2.24) is 10.2 Å². The van der Waals surface area contributed by atoms with E-state index >= 15 is 0 Å². The fraction of sp³-hybridized carbons (Fsp3) is 1.00. The molecular weight excluding hydrogens is 256 g/mol. The van der Waals surface area contributed by atoms with Gasteiger partial charge >= 0.3 is 0 Å². The maximum absolute atomic E-state index is 3.81. The Balaban J connectivity index is 1.92. The van der Waals surface area contributed by atoms with Crippen molar-refractivity contribution in [3.63, 3.8) is 0 Å². The summed E-state index contributed by atoms with van der Waals surface area (Å²) >= 11 is 0. The monoisotopic (exact) mass is 294 g/mol. The first-order valence-corrected chi connectivity index (χ1v) is 9.37. The second kappa shape index (κ2) is 7.46. The summed E-state index contributed by atoms with van der Waals surface area (Å²) in [5.74, 6) is 1.79. The zero-order valence-corrected chi connectivity index (χ0v) is 15.1. The number of nitrogens with zero attached hydrogens (tertiary/aromatic N) is 1. The smallest absolute Gasteiger partial charge is 0.0159 e. The lowest BCUT2D eigenvalue weighted by Gasteiger charge is -2.47. The molecular formula is C19H38N2. The number of hydrogen-bond acceptors (Lipinski definition) is 2. The van der Waals surface area contributed by atoms with Crippen molar-refractivity contribution in [3.05, 3.63) is 0 Å². The van der Waals surface area contributed by atoms with E-state index in [1.165, 1.54) is 51.5 Å². The van der Waals surface area contributed by atoms with E-state index in [1.807, 2.05) is 0 Å². The van der Waals surface area contributed by atoms with Crippen LogP contribution < -0.4 is 5.32 Å². The van der Waals surface area contributed by atoms with E-state index in [2.05, 4.69) is 45.0 Å². The molecule has 2 aliphatic carbocycles. The molecule has 2 atom stereocenters. The van der Waals surface area contributed by atoms with Crippen molar-refractivity contribution in [2.24, 2.45) is 17.3 Å². The van der Waals surface area contributed by atoms with Crippen molar-refractivity contribution < 1.29 is 0 Å². The normalized spacial score (nSPS) is 36.9. The minimum atomic E-state index is 0.459. The Labute approximate surface area is 133 Å². The summed E-state index contributed by atoms with van der Waals surface area (Å²) in [4.78, 5) is 2.70. The van der Waals surface area contributed by atoms with E-state index in [0.717, 1.165) is 24.4 Å². The Kier molecular flexibility index (Phi) is 6.14.